The molecule has 0 amide bonds. The Morgan fingerprint density at radius 2 is 1.90 bits per heavy atom. The molecule has 0 bridgehead atoms. The van der Waals surface area contributed by atoms with Gasteiger partial charge in [-0.3, -0.25) is 0 Å². The van der Waals surface area contributed by atoms with Crippen LogP contribution in [0.15, 0.2) is 41.8 Å². The predicted molar refractivity (Wildman–Crippen MR) is 94.8 cm³/mol. The molecule has 0 aliphatic heterocycles. The van der Waals surface area contributed by atoms with Crippen molar-refractivity contribution in [1.82, 2.24) is 5.32 Å². The number of thiophene rings is 1. The van der Waals surface area contributed by atoms with Crippen LogP contribution in [0.25, 0.3) is 11.1 Å². The van der Waals surface area contributed by atoms with Gasteiger partial charge in [-0.1, -0.05) is 63.4 Å². The van der Waals surface area contributed by atoms with Gasteiger partial charge in [-0.15, -0.1) is 11.3 Å². The summed E-state index contributed by atoms with van der Waals surface area (Å²) < 4.78 is 0. The van der Waals surface area contributed by atoms with Gasteiger partial charge < -0.3 is 5.32 Å². The second kappa shape index (κ2) is 9.01. The lowest BCUT2D eigenvalue weighted by atomic mass is 9.99. The van der Waals surface area contributed by atoms with Crippen LogP contribution in [0.1, 0.15) is 44.4 Å². The monoisotopic (exact) mass is 301 g/mol. The van der Waals surface area contributed by atoms with Crippen molar-refractivity contribution in [1.29, 1.82) is 0 Å². The molecule has 114 valence electrons. The number of hydrogen-bond acceptors (Lipinski definition) is 2. The topological polar surface area (TPSA) is 12.0 Å². The van der Waals surface area contributed by atoms with Gasteiger partial charge in [-0.25, -0.2) is 0 Å². The van der Waals surface area contributed by atoms with Gasteiger partial charge in [-0.05, 0) is 41.5 Å². The molecule has 0 spiro atoms. The SMILES string of the molecule is CCCCC(CC)CNCc1cc(-c2ccccc2)cs1. The van der Waals surface area contributed by atoms with E-state index in [1.807, 2.05) is 11.3 Å². The van der Waals surface area contributed by atoms with Crippen LogP contribution in [0, 0.1) is 5.92 Å². The summed E-state index contributed by atoms with van der Waals surface area (Å²) in [7, 11) is 0. The maximum Gasteiger partial charge on any atom is 0.0300 e. The Morgan fingerprint density at radius 1 is 1.10 bits per heavy atom. The summed E-state index contributed by atoms with van der Waals surface area (Å²) >= 11 is 1.86. The predicted octanol–water partition coefficient (Wildman–Crippen LogP) is 5.72. The lowest BCUT2D eigenvalue weighted by Crippen LogP contribution is -2.21. The van der Waals surface area contributed by atoms with Crippen molar-refractivity contribution in [2.45, 2.75) is 46.1 Å². The maximum absolute atomic E-state index is 3.64. The minimum absolute atomic E-state index is 0.832. The number of rotatable bonds is 9. The van der Waals surface area contributed by atoms with Crippen molar-refractivity contribution in [2.24, 2.45) is 5.92 Å². The quantitative estimate of drug-likeness (QED) is 0.624. The van der Waals surface area contributed by atoms with Crippen LogP contribution in [0.2, 0.25) is 0 Å². The summed E-state index contributed by atoms with van der Waals surface area (Å²) in [5.74, 6) is 0.832. The largest absolute Gasteiger partial charge is 0.312 e. The van der Waals surface area contributed by atoms with E-state index in [9.17, 15) is 0 Å². The zero-order valence-corrected chi connectivity index (χ0v) is 14.1. The average molecular weight is 301 g/mol. The number of benzene rings is 1. The van der Waals surface area contributed by atoms with Crippen molar-refractivity contribution in [2.75, 3.05) is 6.54 Å². The fraction of sp³-hybridized carbons (Fsp3) is 0.474. The average Bonchev–Trinajstić information content (AvgIpc) is 3.00. The Labute approximate surface area is 133 Å². The van der Waals surface area contributed by atoms with Gasteiger partial charge in [0.15, 0.2) is 0 Å². The van der Waals surface area contributed by atoms with Crippen molar-refractivity contribution < 1.29 is 0 Å². The second-order valence-electron chi connectivity index (χ2n) is 5.72. The van der Waals surface area contributed by atoms with E-state index in [0.717, 1.165) is 19.0 Å². The van der Waals surface area contributed by atoms with Crippen molar-refractivity contribution in [3.63, 3.8) is 0 Å². The Hall–Kier alpha value is -1.12. The van der Waals surface area contributed by atoms with Crippen LogP contribution in [-0.2, 0) is 6.54 Å². The molecule has 21 heavy (non-hydrogen) atoms. The van der Waals surface area contributed by atoms with E-state index in [-0.39, 0.29) is 0 Å². The molecule has 0 fully saturated rings. The normalized spacial score (nSPS) is 12.5. The number of unbranched alkanes of at least 4 members (excludes halogenated alkanes) is 1. The molecule has 2 aromatic rings. The van der Waals surface area contributed by atoms with Gasteiger partial charge in [0, 0.05) is 11.4 Å². The van der Waals surface area contributed by atoms with Crippen LogP contribution < -0.4 is 5.32 Å². The summed E-state index contributed by atoms with van der Waals surface area (Å²) in [6.45, 7) is 6.73. The van der Waals surface area contributed by atoms with Gasteiger partial charge in [-0.2, -0.15) is 0 Å². The smallest absolute Gasteiger partial charge is 0.0300 e. The van der Waals surface area contributed by atoms with Crippen LogP contribution in [0.3, 0.4) is 0 Å². The fourth-order valence-electron chi connectivity index (χ4n) is 2.60. The molecular weight excluding hydrogens is 274 g/mol. The first-order valence-electron chi connectivity index (χ1n) is 8.17. The lowest BCUT2D eigenvalue weighted by molar-refractivity contribution is 0.420. The van der Waals surface area contributed by atoms with Gasteiger partial charge in [0.25, 0.3) is 0 Å². The summed E-state index contributed by atoms with van der Waals surface area (Å²) in [5, 5.41) is 5.90. The van der Waals surface area contributed by atoms with Gasteiger partial charge in [0.2, 0.25) is 0 Å². The number of hydrogen-bond donors (Lipinski definition) is 1. The van der Waals surface area contributed by atoms with E-state index in [1.165, 1.54) is 41.7 Å². The van der Waals surface area contributed by atoms with Crippen molar-refractivity contribution in [3.8, 4) is 11.1 Å². The summed E-state index contributed by atoms with van der Waals surface area (Å²) in [4.78, 5) is 1.43. The van der Waals surface area contributed by atoms with E-state index in [4.69, 9.17) is 0 Å². The molecule has 0 radical (unpaired) electrons. The fourth-order valence-corrected chi connectivity index (χ4v) is 3.46. The molecular formula is C19H27NS. The highest BCUT2D eigenvalue weighted by atomic mass is 32.1. The highest BCUT2D eigenvalue weighted by Crippen LogP contribution is 2.25. The first-order valence-corrected chi connectivity index (χ1v) is 9.05. The van der Waals surface area contributed by atoms with Crippen LogP contribution in [0.4, 0.5) is 0 Å². The third-order valence-corrected chi connectivity index (χ3v) is 4.97. The van der Waals surface area contributed by atoms with Crippen LogP contribution in [0.5, 0.6) is 0 Å². The van der Waals surface area contributed by atoms with Crippen LogP contribution in [-0.4, -0.2) is 6.54 Å². The minimum atomic E-state index is 0.832. The molecule has 0 saturated carbocycles. The van der Waals surface area contributed by atoms with E-state index >= 15 is 0 Å². The molecule has 0 aliphatic rings. The zero-order valence-electron chi connectivity index (χ0n) is 13.3. The second-order valence-corrected chi connectivity index (χ2v) is 6.71. The third kappa shape index (κ3) is 5.29. The Balaban J connectivity index is 1.80. The van der Waals surface area contributed by atoms with Gasteiger partial charge in [0.05, 0.1) is 0 Å². The first-order chi connectivity index (χ1) is 10.3. The highest BCUT2D eigenvalue weighted by molar-refractivity contribution is 7.10. The molecule has 0 aliphatic carbocycles. The third-order valence-electron chi connectivity index (χ3n) is 4.04. The zero-order chi connectivity index (χ0) is 14.9. The highest BCUT2D eigenvalue weighted by Gasteiger charge is 2.06. The molecule has 1 heterocycles. The Morgan fingerprint density at radius 3 is 2.62 bits per heavy atom. The maximum atomic E-state index is 3.64. The molecule has 1 nitrogen and oxygen atoms in total. The Kier molecular flexibility index (Phi) is 6.98. The van der Waals surface area contributed by atoms with Crippen LogP contribution >= 0.6 is 11.3 Å². The van der Waals surface area contributed by atoms with Gasteiger partial charge >= 0.3 is 0 Å². The van der Waals surface area contributed by atoms with Crippen molar-refractivity contribution in [3.05, 3.63) is 46.7 Å². The minimum Gasteiger partial charge on any atom is -0.312 e. The lowest BCUT2D eigenvalue weighted by Gasteiger charge is -2.14. The van der Waals surface area contributed by atoms with E-state index in [2.05, 4.69) is 60.9 Å². The number of nitrogens with one attached hydrogen (secondary N) is 1. The molecule has 1 aromatic carbocycles. The van der Waals surface area contributed by atoms with E-state index in [0.29, 0.717) is 0 Å². The molecule has 1 atom stereocenters. The standard InChI is InChI=1S/C19H27NS/c1-3-5-9-16(4-2)13-20-14-19-12-18(15-21-19)17-10-7-6-8-11-17/h6-8,10-12,15-16,20H,3-5,9,13-14H2,1-2H3. The summed E-state index contributed by atoms with van der Waals surface area (Å²) in [6, 6.07) is 12.9. The molecule has 1 aromatic heterocycles. The first kappa shape index (κ1) is 16.3. The Bertz CT molecular complexity index is 503. The molecule has 2 heteroatoms. The molecule has 1 N–H and O–H groups in total. The molecule has 0 saturated heterocycles. The molecule has 1 unspecified atom stereocenters. The summed E-state index contributed by atoms with van der Waals surface area (Å²) in [5.41, 5.74) is 2.66. The van der Waals surface area contributed by atoms with E-state index < -0.39 is 0 Å². The van der Waals surface area contributed by atoms with E-state index in [1.54, 1.807) is 0 Å². The van der Waals surface area contributed by atoms with Gasteiger partial charge in [0.1, 0.15) is 0 Å². The summed E-state index contributed by atoms with van der Waals surface area (Å²) in [6.07, 6.45) is 5.31. The molecule has 2 rings (SSSR count). The van der Waals surface area contributed by atoms with Crippen molar-refractivity contribution >= 4 is 11.3 Å².